The van der Waals surface area contributed by atoms with Gasteiger partial charge in [0.2, 0.25) is 5.75 Å². The van der Waals surface area contributed by atoms with Gasteiger partial charge in [0.05, 0.1) is 9.95 Å². The molecule has 1 N–H and O–H groups in total. The van der Waals surface area contributed by atoms with Gasteiger partial charge in [0.15, 0.2) is 0 Å². The fourth-order valence-corrected chi connectivity index (χ4v) is 1.84. The highest BCUT2D eigenvalue weighted by Crippen LogP contribution is 2.38. The number of halogens is 1. The molecule has 2 rings (SSSR count). The van der Waals surface area contributed by atoms with Crippen molar-refractivity contribution in [2.75, 3.05) is 0 Å². The van der Waals surface area contributed by atoms with Crippen LogP contribution in [0, 0.1) is 17.0 Å². The molecule has 1 aromatic heterocycles. The number of hydrogen-bond acceptors (Lipinski definition) is 5. The fraction of sp³-hybridized carbons (Fsp3) is 0.0769. The number of para-hydroxylation sites is 1. The van der Waals surface area contributed by atoms with Gasteiger partial charge >= 0.3 is 11.7 Å². The number of hydrogen-bond donors (Lipinski definition) is 1. The Hall–Kier alpha value is -2.67. The molecule has 0 fully saturated rings. The Kier molecular flexibility index (Phi) is 4.04. The summed E-state index contributed by atoms with van der Waals surface area (Å²) in [5.74, 6) is -1.53. The van der Waals surface area contributed by atoms with Gasteiger partial charge in [-0.3, -0.25) is 15.1 Å². The Bertz CT molecular complexity index is 732. The van der Waals surface area contributed by atoms with E-state index in [1.54, 1.807) is 6.92 Å². The van der Waals surface area contributed by atoms with E-state index in [-0.39, 0.29) is 27.8 Å². The molecule has 7 nitrogen and oxygen atoms in total. The van der Waals surface area contributed by atoms with Crippen molar-refractivity contribution in [1.82, 2.24) is 4.98 Å². The Balaban J connectivity index is 2.55. The summed E-state index contributed by atoms with van der Waals surface area (Å²) in [6.45, 7) is 1.64. The lowest BCUT2D eigenvalue weighted by atomic mass is 10.2. The number of nitrogens with zero attached hydrogens (tertiary/aromatic N) is 2. The van der Waals surface area contributed by atoms with Gasteiger partial charge in [0.25, 0.3) is 0 Å². The van der Waals surface area contributed by atoms with E-state index >= 15 is 0 Å². The zero-order chi connectivity index (χ0) is 15.6. The monoisotopic (exact) mass is 308 g/mol. The second-order valence-corrected chi connectivity index (χ2v) is 4.48. The molecule has 0 aliphatic rings. The number of carboxylic acid groups (broad SMARTS) is 1. The average molecular weight is 309 g/mol. The number of ether oxygens (including phenoxy) is 1. The molecule has 108 valence electrons. The third-order valence-corrected chi connectivity index (χ3v) is 2.89. The van der Waals surface area contributed by atoms with E-state index in [1.165, 1.54) is 24.3 Å². The summed E-state index contributed by atoms with van der Waals surface area (Å²) in [6.07, 6.45) is 1.12. The number of nitro benzene ring substituents is 1. The second kappa shape index (κ2) is 5.76. The lowest BCUT2D eigenvalue weighted by Crippen LogP contribution is -2.03. The smallest absolute Gasteiger partial charge is 0.341 e. The minimum absolute atomic E-state index is 0.00926. The van der Waals surface area contributed by atoms with Crippen molar-refractivity contribution in [3.63, 3.8) is 0 Å². The number of aromatic carboxylic acids is 1. The number of carbonyl (C=O) groups is 1. The highest BCUT2D eigenvalue weighted by Gasteiger charge is 2.22. The molecule has 0 amide bonds. The van der Waals surface area contributed by atoms with E-state index in [9.17, 15) is 14.9 Å². The molecule has 0 atom stereocenters. The first-order valence-corrected chi connectivity index (χ1v) is 6.08. The quantitative estimate of drug-likeness (QED) is 0.685. The van der Waals surface area contributed by atoms with Crippen molar-refractivity contribution in [3.05, 3.63) is 56.9 Å². The summed E-state index contributed by atoms with van der Waals surface area (Å²) in [5, 5.41) is 20.1. The first kappa shape index (κ1) is 14.7. The minimum Gasteiger partial charge on any atom is -0.477 e. The summed E-state index contributed by atoms with van der Waals surface area (Å²) < 4.78 is 5.38. The SMILES string of the molecule is Cc1cc(Oc2c(Cl)cccc2[N+](=O)[O-])c(C(=O)O)cn1. The van der Waals surface area contributed by atoms with Crippen LogP contribution in [0.5, 0.6) is 11.5 Å². The van der Waals surface area contributed by atoms with E-state index in [1.807, 2.05) is 0 Å². The van der Waals surface area contributed by atoms with Crippen LogP contribution in [0.25, 0.3) is 0 Å². The molecule has 0 saturated carbocycles. The number of aryl methyl sites for hydroxylation is 1. The molecule has 0 bridgehead atoms. The molecule has 0 spiro atoms. The number of aromatic nitrogens is 1. The maximum Gasteiger partial charge on any atom is 0.341 e. The van der Waals surface area contributed by atoms with E-state index in [2.05, 4.69) is 4.98 Å². The number of carboxylic acids is 1. The Morgan fingerprint density at radius 1 is 1.48 bits per heavy atom. The van der Waals surface area contributed by atoms with Crippen molar-refractivity contribution >= 4 is 23.3 Å². The highest BCUT2D eigenvalue weighted by molar-refractivity contribution is 6.32. The Morgan fingerprint density at radius 3 is 2.81 bits per heavy atom. The van der Waals surface area contributed by atoms with Crippen molar-refractivity contribution in [2.24, 2.45) is 0 Å². The summed E-state index contributed by atoms with van der Waals surface area (Å²) in [6, 6.07) is 5.41. The molecular formula is C13H9ClN2O5. The molecule has 2 aromatic rings. The maximum atomic E-state index is 11.1. The highest BCUT2D eigenvalue weighted by atomic mass is 35.5. The zero-order valence-electron chi connectivity index (χ0n) is 10.7. The predicted octanol–water partition coefficient (Wildman–Crippen LogP) is 3.44. The van der Waals surface area contributed by atoms with Gasteiger partial charge in [0, 0.05) is 24.0 Å². The van der Waals surface area contributed by atoms with Gasteiger partial charge in [-0.2, -0.15) is 0 Å². The molecule has 0 unspecified atom stereocenters. The average Bonchev–Trinajstić information content (AvgIpc) is 2.40. The third kappa shape index (κ3) is 3.09. The topological polar surface area (TPSA) is 103 Å². The molecule has 1 heterocycles. The second-order valence-electron chi connectivity index (χ2n) is 4.07. The lowest BCUT2D eigenvalue weighted by Gasteiger charge is -2.10. The molecular weight excluding hydrogens is 300 g/mol. The molecule has 8 heteroatoms. The summed E-state index contributed by atoms with van der Waals surface area (Å²) in [7, 11) is 0. The molecule has 0 saturated heterocycles. The molecule has 0 radical (unpaired) electrons. The summed E-state index contributed by atoms with van der Waals surface area (Å²) in [4.78, 5) is 25.3. The van der Waals surface area contributed by atoms with Crippen LogP contribution < -0.4 is 4.74 Å². The van der Waals surface area contributed by atoms with Gasteiger partial charge in [0.1, 0.15) is 11.3 Å². The molecule has 1 aromatic carbocycles. The summed E-state index contributed by atoms with van der Waals surface area (Å²) in [5.41, 5.74) is -0.0622. The number of rotatable bonds is 4. The predicted molar refractivity (Wildman–Crippen MR) is 74.1 cm³/mol. The van der Waals surface area contributed by atoms with Crippen LogP contribution in [0.4, 0.5) is 5.69 Å². The molecule has 21 heavy (non-hydrogen) atoms. The van der Waals surface area contributed by atoms with Crippen molar-refractivity contribution in [1.29, 1.82) is 0 Å². The zero-order valence-corrected chi connectivity index (χ0v) is 11.5. The van der Waals surface area contributed by atoms with Crippen LogP contribution >= 0.6 is 11.6 Å². The third-order valence-electron chi connectivity index (χ3n) is 2.59. The normalized spacial score (nSPS) is 10.2. The first-order chi connectivity index (χ1) is 9.90. The standard InChI is InChI=1S/C13H9ClN2O5/c1-7-5-11(8(6-15-7)13(17)18)21-12-9(14)3-2-4-10(12)16(19)20/h2-6H,1H3,(H,17,18). The van der Waals surface area contributed by atoms with Crippen LogP contribution in [-0.4, -0.2) is 21.0 Å². The van der Waals surface area contributed by atoms with Crippen LogP contribution in [0.1, 0.15) is 16.1 Å². The lowest BCUT2D eigenvalue weighted by molar-refractivity contribution is -0.385. The van der Waals surface area contributed by atoms with E-state index in [0.29, 0.717) is 5.69 Å². The molecule has 0 aliphatic heterocycles. The first-order valence-electron chi connectivity index (χ1n) is 5.71. The van der Waals surface area contributed by atoms with Crippen molar-refractivity contribution in [2.45, 2.75) is 6.92 Å². The van der Waals surface area contributed by atoms with E-state index in [4.69, 9.17) is 21.4 Å². The largest absolute Gasteiger partial charge is 0.477 e. The van der Waals surface area contributed by atoms with Gasteiger partial charge in [-0.15, -0.1) is 0 Å². The molecule has 0 aliphatic carbocycles. The number of benzene rings is 1. The minimum atomic E-state index is -1.26. The van der Waals surface area contributed by atoms with Crippen LogP contribution in [0.3, 0.4) is 0 Å². The van der Waals surface area contributed by atoms with Gasteiger partial charge < -0.3 is 9.84 Å². The fourth-order valence-electron chi connectivity index (χ4n) is 1.63. The number of nitro groups is 1. The Morgan fingerprint density at radius 2 is 2.19 bits per heavy atom. The maximum absolute atomic E-state index is 11.1. The van der Waals surface area contributed by atoms with Gasteiger partial charge in [-0.05, 0) is 13.0 Å². The van der Waals surface area contributed by atoms with Crippen LogP contribution in [0.2, 0.25) is 5.02 Å². The van der Waals surface area contributed by atoms with E-state index < -0.39 is 10.9 Å². The van der Waals surface area contributed by atoms with Gasteiger partial charge in [-0.25, -0.2) is 4.79 Å². The van der Waals surface area contributed by atoms with Crippen molar-refractivity contribution < 1.29 is 19.6 Å². The Labute approximate surface area is 123 Å². The van der Waals surface area contributed by atoms with Crippen LogP contribution in [0.15, 0.2) is 30.5 Å². The van der Waals surface area contributed by atoms with E-state index in [0.717, 1.165) is 6.20 Å². The van der Waals surface area contributed by atoms with Crippen molar-refractivity contribution in [3.8, 4) is 11.5 Å². The van der Waals surface area contributed by atoms with Crippen LogP contribution in [-0.2, 0) is 0 Å². The van der Waals surface area contributed by atoms with Gasteiger partial charge in [-0.1, -0.05) is 17.7 Å². The summed E-state index contributed by atoms with van der Waals surface area (Å²) >= 11 is 5.90. The number of pyridine rings is 1.